The van der Waals surface area contributed by atoms with Crippen molar-refractivity contribution in [3.63, 3.8) is 0 Å². The first-order chi connectivity index (χ1) is 13.0. The first-order valence-electron chi connectivity index (χ1n) is 9.64. The van der Waals surface area contributed by atoms with Gasteiger partial charge in [-0.3, -0.25) is 4.79 Å². The summed E-state index contributed by atoms with van der Waals surface area (Å²) in [5.74, 6) is 0.564. The number of nitrogens with one attached hydrogen (secondary N) is 1. The molecule has 2 aromatic rings. The summed E-state index contributed by atoms with van der Waals surface area (Å²) in [6.07, 6.45) is 4.40. The van der Waals surface area contributed by atoms with Crippen molar-refractivity contribution in [2.24, 2.45) is 0 Å². The van der Waals surface area contributed by atoms with Crippen molar-refractivity contribution in [2.75, 3.05) is 0 Å². The van der Waals surface area contributed by atoms with Gasteiger partial charge >= 0.3 is 0 Å². The molecule has 0 saturated carbocycles. The summed E-state index contributed by atoms with van der Waals surface area (Å²) in [6, 6.07) is 15.8. The van der Waals surface area contributed by atoms with Gasteiger partial charge in [0.05, 0.1) is 0 Å². The Morgan fingerprint density at radius 1 is 1.07 bits per heavy atom. The molecule has 2 aromatic carbocycles. The van der Waals surface area contributed by atoms with Gasteiger partial charge in [0, 0.05) is 29.3 Å². The molecule has 1 aliphatic carbocycles. The van der Waals surface area contributed by atoms with Crippen LogP contribution in [0.4, 0.5) is 0 Å². The second-order valence-corrected chi connectivity index (χ2v) is 7.57. The van der Waals surface area contributed by atoms with E-state index in [1.165, 1.54) is 11.1 Å². The SMILES string of the molecule is CCC1=CC(c2cccc(O)c2)C2=C(CC(c3ccc(C)cc3)CC2=O)N1. The van der Waals surface area contributed by atoms with Crippen molar-refractivity contribution in [3.05, 3.63) is 88.3 Å². The van der Waals surface area contributed by atoms with E-state index < -0.39 is 0 Å². The highest BCUT2D eigenvalue weighted by molar-refractivity contribution is 6.00. The van der Waals surface area contributed by atoms with Gasteiger partial charge in [0.2, 0.25) is 0 Å². The van der Waals surface area contributed by atoms with Gasteiger partial charge in [0.1, 0.15) is 5.75 Å². The first-order valence-corrected chi connectivity index (χ1v) is 9.64. The Labute approximate surface area is 160 Å². The molecule has 0 amide bonds. The lowest BCUT2D eigenvalue weighted by Crippen LogP contribution is -2.31. The number of carbonyl (C=O) groups excluding carboxylic acids is 1. The van der Waals surface area contributed by atoms with Crippen molar-refractivity contribution in [1.29, 1.82) is 0 Å². The average molecular weight is 359 g/mol. The van der Waals surface area contributed by atoms with E-state index in [0.29, 0.717) is 6.42 Å². The Hall–Kier alpha value is -2.81. The van der Waals surface area contributed by atoms with Crippen LogP contribution in [-0.2, 0) is 4.79 Å². The van der Waals surface area contributed by atoms with Crippen molar-refractivity contribution < 1.29 is 9.90 Å². The number of ketones is 1. The van der Waals surface area contributed by atoms with E-state index in [0.717, 1.165) is 35.4 Å². The number of phenolic OH excluding ortho intramolecular Hbond substituents is 1. The molecule has 138 valence electrons. The molecular weight excluding hydrogens is 334 g/mol. The van der Waals surface area contributed by atoms with Crippen LogP contribution in [0.3, 0.4) is 0 Å². The van der Waals surface area contributed by atoms with Crippen LogP contribution in [0.15, 0.2) is 71.6 Å². The molecule has 0 spiro atoms. The molecule has 2 N–H and O–H groups in total. The number of aromatic hydroxyl groups is 1. The van der Waals surface area contributed by atoms with E-state index in [1.54, 1.807) is 12.1 Å². The minimum atomic E-state index is -0.0882. The molecule has 4 rings (SSSR count). The normalized spacial score (nSPS) is 22.1. The number of dihydropyridines is 1. The Bertz CT molecular complexity index is 937. The predicted molar refractivity (Wildman–Crippen MR) is 108 cm³/mol. The summed E-state index contributed by atoms with van der Waals surface area (Å²) in [7, 11) is 0. The summed E-state index contributed by atoms with van der Waals surface area (Å²) in [6.45, 7) is 4.20. The molecule has 2 unspecified atom stereocenters. The Morgan fingerprint density at radius 3 is 2.56 bits per heavy atom. The molecule has 2 aliphatic rings. The third-order valence-electron chi connectivity index (χ3n) is 5.66. The number of Topliss-reactive ketones (excluding diaryl/α,β-unsaturated/α-hetero) is 1. The molecule has 27 heavy (non-hydrogen) atoms. The van der Waals surface area contributed by atoms with Crippen molar-refractivity contribution in [1.82, 2.24) is 5.32 Å². The van der Waals surface area contributed by atoms with Crippen LogP contribution in [0.25, 0.3) is 0 Å². The van der Waals surface area contributed by atoms with Gasteiger partial charge < -0.3 is 10.4 Å². The van der Waals surface area contributed by atoms with Gasteiger partial charge in [0.25, 0.3) is 0 Å². The fraction of sp³-hybridized carbons (Fsp3) is 0.292. The average Bonchev–Trinajstić information content (AvgIpc) is 2.67. The van der Waals surface area contributed by atoms with Crippen molar-refractivity contribution in [2.45, 2.75) is 44.9 Å². The van der Waals surface area contributed by atoms with Crippen LogP contribution in [0.1, 0.15) is 54.7 Å². The number of hydrogen-bond acceptors (Lipinski definition) is 3. The van der Waals surface area contributed by atoms with E-state index in [-0.39, 0.29) is 23.4 Å². The standard InChI is InChI=1S/C24H25NO2/c1-3-19-14-21(17-5-4-6-20(26)11-17)24-22(25-19)12-18(13-23(24)27)16-9-7-15(2)8-10-16/h4-11,14,18,21,25-26H,3,12-13H2,1-2H3. The zero-order valence-electron chi connectivity index (χ0n) is 15.8. The molecule has 1 heterocycles. The van der Waals surface area contributed by atoms with Crippen molar-refractivity contribution in [3.8, 4) is 5.75 Å². The topological polar surface area (TPSA) is 49.3 Å². The maximum Gasteiger partial charge on any atom is 0.162 e. The zero-order chi connectivity index (χ0) is 19.0. The summed E-state index contributed by atoms with van der Waals surface area (Å²) < 4.78 is 0. The molecular formula is C24H25NO2. The number of hydrogen-bond donors (Lipinski definition) is 2. The lowest BCUT2D eigenvalue weighted by atomic mass is 9.74. The van der Waals surface area contributed by atoms with Gasteiger partial charge in [-0.25, -0.2) is 0 Å². The van der Waals surface area contributed by atoms with Gasteiger partial charge in [-0.15, -0.1) is 0 Å². The smallest absolute Gasteiger partial charge is 0.162 e. The first kappa shape index (κ1) is 17.6. The molecule has 0 saturated heterocycles. The number of allylic oxidation sites excluding steroid dienone is 4. The minimum Gasteiger partial charge on any atom is -0.508 e. The third kappa shape index (κ3) is 3.42. The Kier molecular flexibility index (Phi) is 4.61. The highest BCUT2D eigenvalue weighted by atomic mass is 16.3. The number of rotatable bonds is 3. The fourth-order valence-corrected chi connectivity index (χ4v) is 4.19. The van der Waals surface area contributed by atoms with Crippen LogP contribution < -0.4 is 5.32 Å². The summed E-state index contributed by atoms with van der Waals surface area (Å²) in [5, 5.41) is 13.4. The van der Waals surface area contributed by atoms with E-state index in [2.05, 4.69) is 49.5 Å². The van der Waals surface area contributed by atoms with Crippen LogP contribution in [0.2, 0.25) is 0 Å². The quantitative estimate of drug-likeness (QED) is 0.803. The fourth-order valence-electron chi connectivity index (χ4n) is 4.19. The third-order valence-corrected chi connectivity index (χ3v) is 5.66. The molecule has 1 aliphatic heterocycles. The van der Waals surface area contributed by atoms with Gasteiger partial charge in [-0.05, 0) is 48.9 Å². The molecule has 0 aromatic heterocycles. The highest BCUT2D eigenvalue weighted by Crippen LogP contribution is 2.43. The van der Waals surface area contributed by atoms with Crippen LogP contribution >= 0.6 is 0 Å². The summed E-state index contributed by atoms with van der Waals surface area (Å²) in [4.78, 5) is 13.2. The van der Waals surface area contributed by atoms with E-state index in [9.17, 15) is 9.90 Å². The minimum absolute atomic E-state index is 0.0882. The molecule has 3 nitrogen and oxygen atoms in total. The lowest BCUT2D eigenvalue weighted by molar-refractivity contribution is -0.116. The van der Waals surface area contributed by atoms with E-state index >= 15 is 0 Å². The second-order valence-electron chi connectivity index (χ2n) is 7.57. The van der Waals surface area contributed by atoms with Gasteiger partial charge in [-0.2, -0.15) is 0 Å². The van der Waals surface area contributed by atoms with E-state index in [4.69, 9.17) is 0 Å². The number of phenols is 1. The van der Waals surface area contributed by atoms with Crippen LogP contribution in [0.5, 0.6) is 5.75 Å². The molecule has 2 atom stereocenters. The molecule has 0 radical (unpaired) electrons. The predicted octanol–water partition coefficient (Wildman–Crippen LogP) is 5.08. The Balaban J connectivity index is 1.72. The zero-order valence-corrected chi connectivity index (χ0v) is 15.8. The van der Waals surface area contributed by atoms with Gasteiger partial charge in [0.15, 0.2) is 5.78 Å². The van der Waals surface area contributed by atoms with E-state index in [1.807, 2.05) is 12.1 Å². The maximum absolute atomic E-state index is 13.2. The van der Waals surface area contributed by atoms with Crippen LogP contribution in [0, 0.1) is 6.92 Å². The summed E-state index contributed by atoms with van der Waals surface area (Å²) in [5.41, 5.74) is 6.47. The monoisotopic (exact) mass is 359 g/mol. The Morgan fingerprint density at radius 2 is 1.85 bits per heavy atom. The van der Waals surface area contributed by atoms with Crippen LogP contribution in [-0.4, -0.2) is 10.9 Å². The number of carbonyl (C=O) groups is 1. The lowest BCUT2D eigenvalue weighted by Gasteiger charge is -2.34. The maximum atomic E-state index is 13.2. The van der Waals surface area contributed by atoms with Gasteiger partial charge in [-0.1, -0.05) is 55.0 Å². The molecule has 3 heteroatoms. The molecule has 0 fully saturated rings. The highest BCUT2D eigenvalue weighted by Gasteiger charge is 2.35. The number of benzene rings is 2. The largest absolute Gasteiger partial charge is 0.508 e. The number of aryl methyl sites for hydroxylation is 1. The van der Waals surface area contributed by atoms with Crippen molar-refractivity contribution >= 4 is 5.78 Å². The summed E-state index contributed by atoms with van der Waals surface area (Å²) >= 11 is 0. The molecule has 0 bridgehead atoms. The second kappa shape index (κ2) is 7.07.